The summed E-state index contributed by atoms with van der Waals surface area (Å²) < 4.78 is 17.8. The van der Waals surface area contributed by atoms with E-state index in [1.165, 1.54) is 6.92 Å². The van der Waals surface area contributed by atoms with Crippen LogP contribution in [0.3, 0.4) is 0 Å². The van der Waals surface area contributed by atoms with Gasteiger partial charge in [-0.3, -0.25) is 9.78 Å². The quantitative estimate of drug-likeness (QED) is 0.715. The van der Waals surface area contributed by atoms with Gasteiger partial charge in [-0.05, 0) is 42.7 Å². The minimum Gasteiger partial charge on any atom is -0.482 e. The summed E-state index contributed by atoms with van der Waals surface area (Å²) in [7, 11) is 0. The van der Waals surface area contributed by atoms with E-state index in [0.29, 0.717) is 17.7 Å². The average Bonchev–Trinajstić information content (AvgIpc) is 2.69. The molecule has 5 unspecified atom stereocenters. The molecular formula is C25H31NO6. The number of carbonyl (C=O) groups excluding carboxylic acids is 1. The molecule has 1 fully saturated rings. The van der Waals surface area contributed by atoms with Crippen LogP contribution in [0, 0.1) is 23.2 Å². The number of nitrogens with zero attached hydrogens (tertiary/aromatic N) is 1. The summed E-state index contributed by atoms with van der Waals surface area (Å²) in [6.07, 6.45) is 2.13. The van der Waals surface area contributed by atoms with Crippen LogP contribution in [0.25, 0.3) is 11.3 Å². The molecular weight excluding hydrogens is 410 g/mol. The van der Waals surface area contributed by atoms with Gasteiger partial charge >= 0.3 is 11.6 Å². The lowest BCUT2D eigenvalue weighted by atomic mass is 9.51. The fraction of sp³-hybridized carbons (Fsp3) is 0.560. The van der Waals surface area contributed by atoms with E-state index < -0.39 is 40.7 Å². The molecule has 0 aromatic carbocycles. The second kappa shape index (κ2) is 7.73. The number of aliphatic hydroxyl groups is 1. The van der Waals surface area contributed by atoms with Gasteiger partial charge in [0.25, 0.3) is 0 Å². The summed E-state index contributed by atoms with van der Waals surface area (Å²) in [5, 5.41) is 11.6. The van der Waals surface area contributed by atoms with Crippen LogP contribution in [-0.2, 0) is 9.53 Å². The molecule has 7 heteroatoms. The van der Waals surface area contributed by atoms with Crippen molar-refractivity contribution in [2.45, 2.75) is 65.8 Å². The third-order valence-electron chi connectivity index (χ3n) is 7.43. The van der Waals surface area contributed by atoms with Crippen molar-refractivity contribution in [2.75, 3.05) is 0 Å². The number of fused-ring (bicyclic) bond motifs is 2. The van der Waals surface area contributed by atoms with Crippen molar-refractivity contribution < 1.29 is 23.8 Å². The Bertz CT molecular complexity index is 1080. The van der Waals surface area contributed by atoms with Gasteiger partial charge in [-0.1, -0.05) is 27.7 Å². The van der Waals surface area contributed by atoms with Crippen molar-refractivity contribution in [2.24, 2.45) is 23.2 Å². The fourth-order valence-electron chi connectivity index (χ4n) is 6.17. The molecule has 32 heavy (non-hydrogen) atoms. The van der Waals surface area contributed by atoms with Gasteiger partial charge in [0, 0.05) is 36.9 Å². The molecule has 172 valence electrons. The molecule has 1 aliphatic heterocycles. The highest BCUT2D eigenvalue weighted by molar-refractivity contribution is 5.66. The summed E-state index contributed by atoms with van der Waals surface area (Å²) in [4.78, 5) is 29.1. The number of carbonyl (C=O) groups is 1. The Kier molecular flexibility index (Phi) is 5.44. The van der Waals surface area contributed by atoms with Gasteiger partial charge in [0.1, 0.15) is 28.8 Å². The first-order valence-electron chi connectivity index (χ1n) is 11.1. The number of aromatic nitrogens is 1. The van der Waals surface area contributed by atoms with E-state index >= 15 is 0 Å². The zero-order valence-electron chi connectivity index (χ0n) is 19.4. The molecule has 4 rings (SSSR count). The minimum atomic E-state index is -1.13. The highest BCUT2D eigenvalue weighted by Crippen LogP contribution is 2.60. The summed E-state index contributed by atoms with van der Waals surface area (Å²) in [6, 6.07) is 5.14. The Morgan fingerprint density at radius 2 is 2.03 bits per heavy atom. The van der Waals surface area contributed by atoms with E-state index in [2.05, 4.69) is 32.7 Å². The van der Waals surface area contributed by atoms with Gasteiger partial charge in [-0.25, -0.2) is 4.79 Å². The van der Waals surface area contributed by atoms with Gasteiger partial charge in [0.05, 0.1) is 6.10 Å². The third-order valence-corrected chi connectivity index (χ3v) is 7.43. The standard InChI is InChI=1S/C25H31NO6/c1-13(2)16-10-19(30-14(3)27)25(6)22(24(16,4)5)21(28)20-18(32-25)11-17(31-23(20)29)15-8-7-9-26-12-15/h7-9,11-13,16,19,21-22,28H,10H2,1-6H3. The molecule has 0 bridgehead atoms. The largest absolute Gasteiger partial charge is 0.482 e. The number of pyridine rings is 1. The Balaban J connectivity index is 1.89. The number of rotatable bonds is 3. The number of esters is 1. The summed E-state index contributed by atoms with van der Waals surface area (Å²) in [6.45, 7) is 11.7. The van der Waals surface area contributed by atoms with E-state index in [0.717, 1.165) is 0 Å². The van der Waals surface area contributed by atoms with Crippen LogP contribution in [0.2, 0.25) is 0 Å². The van der Waals surface area contributed by atoms with Gasteiger partial charge in [-0.2, -0.15) is 0 Å². The molecule has 0 spiro atoms. The lowest BCUT2D eigenvalue weighted by Crippen LogP contribution is -2.66. The normalized spacial score (nSPS) is 30.8. The molecule has 1 N–H and O–H groups in total. The molecule has 3 heterocycles. The monoisotopic (exact) mass is 441 g/mol. The first kappa shape index (κ1) is 22.5. The lowest BCUT2D eigenvalue weighted by molar-refractivity contribution is -0.229. The molecule has 0 radical (unpaired) electrons. The predicted molar refractivity (Wildman–Crippen MR) is 118 cm³/mol. The third kappa shape index (κ3) is 3.43. The zero-order chi connectivity index (χ0) is 23.4. The van der Waals surface area contributed by atoms with Crippen molar-refractivity contribution in [3.8, 4) is 17.1 Å². The summed E-state index contributed by atoms with van der Waals surface area (Å²) in [5.74, 6) is 0.0967. The fourth-order valence-corrected chi connectivity index (χ4v) is 6.17. The summed E-state index contributed by atoms with van der Waals surface area (Å²) in [5.41, 5.74) is -1.32. The number of hydrogen-bond donors (Lipinski definition) is 1. The molecule has 2 aromatic heterocycles. The van der Waals surface area contributed by atoms with Crippen molar-refractivity contribution in [3.63, 3.8) is 0 Å². The number of hydrogen-bond acceptors (Lipinski definition) is 7. The molecule has 7 nitrogen and oxygen atoms in total. The van der Waals surface area contributed by atoms with Gasteiger partial charge < -0.3 is 19.0 Å². The Labute approximate surface area is 187 Å². The maximum atomic E-state index is 13.0. The van der Waals surface area contributed by atoms with Crippen LogP contribution >= 0.6 is 0 Å². The van der Waals surface area contributed by atoms with Gasteiger partial charge in [0.15, 0.2) is 0 Å². The van der Waals surface area contributed by atoms with Crippen LogP contribution in [0.5, 0.6) is 5.75 Å². The smallest absolute Gasteiger partial charge is 0.345 e. The average molecular weight is 442 g/mol. The predicted octanol–water partition coefficient (Wildman–Crippen LogP) is 4.14. The molecule has 1 saturated carbocycles. The van der Waals surface area contributed by atoms with E-state index in [1.807, 2.05) is 6.92 Å². The maximum absolute atomic E-state index is 13.0. The van der Waals surface area contributed by atoms with E-state index in [4.69, 9.17) is 13.9 Å². The topological polar surface area (TPSA) is 98.9 Å². The van der Waals surface area contributed by atoms with Crippen LogP contribution in [0.15, 0.2) is 39.8 Å². The van der Waals surface area contributed by atoms with Crippen molar-refractivity contribution in [3.05, 3.63) is 46.6 Å². The van der Waals surface area contributed by atoms with Crippen molar-refractivity contribution >= 4 is 5.97 Å². The highest BCUT2D eigenvalue weighted by Gasteiger charge is 2.64. The van der Waals surface area contributed by atoms with E-state index in [9.17, 15) is 14.7 Å². The Hall–Kier alpha value is -2.67. The first-order valence-corrected chi connectivity index (χ1v) is 11.1. The van der Waals surface area contributed by atoms with E-state index in [-0.39, 0.29) is 23.1 Å². The van der Waals surface area contributed by atoms with Gasteiger partial charge in [-0.15, -0.1) is 0 Å². The maximum Gasteiger partial charge on any atom is 0.345 e. The second-order valence-electron chi connectivity index (χ2n) is 10.1. The van der Waals surface area contributed by atoms with Crippen LogP contribution in [-0.4, -0.2) is 27.8 Å². The van der Waals surface area contributed by atoms with Crippen LogP contribution < -0.4 is 10.4 Å². The number of aliphatic hydroxyl groups excluding tert-OH is 1. The minimum absolute atomic E-state index is 0.110. The molecule has 2 aliphatic rings. The molecule has 2 aromatic rings. The summed E-state index contributed by atoms with van der Waals surface area (Å²) >= 11 is 0. The number of ether oxygens (including phenoxy) is 2. The van der Waals surface area contributed by atoms with E-state index in [1.54, 1.807) is 30.6 Å². The Morgan fingerprint density at radius 3 is 2.62 bits per heavy atom. The van der Waals surface area contributed by atoms with Crippen LogP contribution in [0.1, 0.15) is 59.6 Å². The second-order valence-corrected chi connectivity index (χ2v) is 10.1. The molecule has 0 amide bonds. The SMILES string of the molecule is CC(=O)OC1CC(C(C)C)C(C)(C)C2C(O)c3c(cc(-c4cccnc4)oc3=O)OC12C. The van der Waals surface area contributed by atoms with Gasteiger partial charge in [0.2, 0.25) is 0 Å². The Morgan fingerprint density at radius 1 is 1.31 bits per heavy atom. The zero-order valence-corrected chi connectivity index (χ0v) is 19.4. The van der Waals surface area contributed by atoms with Crippen LogP contribution in [0.4, 0.5) is 0 Å². The molecule has 5 atom stereocenters. The van der Waals surface area contributed by atoms with Crippen molar-refractivity contribution in [1.82, 2.24) is 4.98 Å². The highest BCUT2D eigenvalue weighted by atomic mass is 16.6. The first-order chi connectivity index (χ1) is 15.0. The lowest BCUT2D eigenvalue weighted by Gasteiger charge is -2.60. The molecule has 0 saturated heterocycles. The van der Waals surface area contributed by atoms with Crippen molar-refractivity contribution in [1.29, 1.82) is 0 Å². The molecule has 1 aliphatic carbocycles.